The minimum atomic E-state index is -3.37. The minimum absolute atomic E-state index is 0.138. The maximum Gasteiger partial charge on any atom is 0.253 e. The summed E-state index contributed by atoms with van der Waals surface area (Å²) in [5.74, 6) is -2.99. The number of halogens is 4. The molecule has 4 rings (SSSR count). The molecule has 0 heterocycles. The van der Waals surface area contributed by atoms with Crippen LogP contribution in [-0.2, 0) is 9.84 Å². The number of amides is 1. The fourth-order valence-corrected chi connectivity index (χ4v) is 6.53. The maximum atomic E-state index is 13.8. The number of sulfone groups is 1. The molecule has 0 aliphatic heterocycles. The molecule has 2 aromatic rings. The van der Waals surface area contributed by atoms with Gasteiger partial charge in [0.25, 0.3) is 5.91 Å². The third-order valence-corrected chi connectivity index (χ3v) is 8.89. The lowest BCUT2D eigenvalue weighted by Gasteiger charge is -2.34. The zero-order valence-corrected chi connectivity index (χ0v) is 20.2. The third kappa shape index (κ3) is 6.06. The quantitative estimate of drug-likeness (QED) is 0.459. The van der Waals surface area contributed by atoms with E-state index in [1.54, 1.807) is 30.3 Å². The van der Waals surface area contributed by atoms with Crippen LogP contribution in [-0.4, -0.2) is 26.0 Å². The van der Waals surface area contributed by atoms with E-state index in [0.29, 0.717) is 10.6 Å². The maximum absolute atomic E-state index is 13.8. The molecule has 0 spiro atoms. The molecule has 1 unspecified atom stereocenters. The number of hydrogen-bond acceptors (Lipinski definition) is 3. The summed E-state index contributed by atoms with van der Waals surface area (Å²) in [5, 5.41) is 3.53. The average molecular weight is 516 g/mol. The Hall–Kier alpha value is -1.70. The molecule has 33 heavy (non-hydrogen) atoms. The predicted molar refractivity (Wildman–Crippen MR) is 125 cm³/mol. The van der Waals surface area contributed by atoms with Crippen molar-refractivity contribution in [2.24, 2.45) is 11.8 Å². The number of alkyl halides is 2. The van der Waals surface area contributed by atoms with Crippen molar-refractivity contribution in [3.05, 3.63) is 63.6 Å². The van der Waals surface area contributed by atoms with Crippen LogP contribution in [0.5, 0.6) is 0 Å². The molecule has 2 aromatic carbocycles. The molecule has 0 bridgehead atoms. The molecule has 2 aliphatic rings. The summed E-state index contributed by atoms with van der Waals surface area (Å²) in [4.78, 5) is 13.2. The van der Waals surface area contributed by atoms with Crippen LogP contribution in [0.15, 0.2) is 47.4 Å². The van der Waals surface area contributed by atoms with Gasteiger partial charge in [-0.1, -0.05) is 35.3 Å². The van der Waals surface area contributed by atoms with E-state index in [2.05, 4.69) is 5.32 Å². The molecule has 0 radical (unpaired) electrons. The van der Waals surface area contributed by atoms with Gasteiger partial charge in [-0.2, -0.15) is 0 Å². The number of hydrogen-bond donors (Lipinski definition) is 1. The average Bonchev–Trinajstić information content (AvgIpc) is 3.55. The first-order chi connectivity index (χ1) is 15.5. The van der Waals surface area contributed by atoms with Crippen LogP contribution in [0, 0.1) is 11.8 Å². The van der Waals surface area contributed by atoms with Crippen molar-refractivity contribution >= 4 is 38.9 Å². The Morgan fingerprint density at radius 1 is 1.03 bits per heavy atom. The lowest BCUT2D eigenvalue weighted by molar-refractivity contribution is -0.0493. The van der Waals surface area contributed by atoms with E-state index in [-0.39, 0.29) is 58.8 Å². The first-order valence-electron chi connectivity index (χ1n) is 11.0. The molecule has 9 heteroatoms. The fourth-order valence-electron chi connectivity index (χ4n) is 4.34. The molecular formula is C24H25Cl2F2NO3S. The van der Waals surface area contributed by atoms with Crippen molar-refractivity contribution in [1.29, 1.82) is 0 Å². The van der Waals surface area contributed by atoms with Crippen LogP contribution in [0.2, 0.25) is 10.0 Å². The highest BCUT2D eigenvalue weighted by Gasteiger charge is 2.39. The van der Waals surface area contributed by atoms with E-state index in [0.717, 1.165) is 12.8 Å². The van der Waals surface area contributed by atoms with Crippen LogP contribution >= 0.6 is 23.2 Å². The number of carbonyl (C=O) groups excluding carboxylic acids is 1. The smallest absolute Gasteiger partial charge is 0.253 e. The highest BCUT2D eigenvalue weighted by atomic mass is 35.5. The molecule has 2 fully saturated rings. The van der Waals surface area contributed by atoms with Crippen molar-refractivity contribution in [3.63, 3.8) is 0 Å². The van der Waals surface area contributed by atoms with Gasteiger partial charge in [0.15, 0.2) is 9.84 Å². The molecule has 4 nitrogen and oxygen atoms in total. The molecule has 1 atom stereocenters. The van der Waals surface area contributed by atoms with Crippen LogP contribution < -0.4 is 5.32 Å². The molecule has 178 valence electrons. The van der Waals surface area contributed by atoms with Gasteiger partial charge >= 0.3 is 0 Å². The lowest BCUT2D eigenvalue weighted by Crippen LogP contribution is -2.37. The van der Waals surface area contributed by atoms with E-state index in [4.69, 9.17) is 23.2 Å². The van der Waals surface area contributed by atoms with Gasteiger partial charge in [-0.3, -0.25) is 4.79 Å². The third-order valence-electron chi connectivity index (χ3n) is 6.45. The zero-order valence-electron chi connectivity index (χ0n) is 17.9. The SMILES string of the molecule is O=C(NC(c1ccc(S(=O)(=O)CC2CC2)cc1)C1CCC(F)(F)CC1)c1ccc(Cl)cc1Cl. The summed E-state index contributed by atoms with van der Waals surface area (Å²) in [7, 11) is -3.37. The second kappa shape index (κ2) is 9.51. The van der Waals surface area contributed by atoms with Gasteiger partial charge in [0.1, 0.15) is 0 Å². The standard InChI is InChI=1S/C24H25Cl2F2NO3S/c25-18-5-8-20(21(26)13-18)23(30)29-22(17-9-11-24(27,28)12-10-17)16-3-6-19(7-4-16)33(31,32)14-15-1-2-15/h3-8,13,15,17,22H,1-2,9-12,14H2,(H,29,30). The summed E-state index contributed by atoms with van der Waals surface area (Å²) in [6.07, 6.45) is 1.86. The molecule has 2 aliphatic carbocycles. The normalized spacial score (nSPS) is 19.8. The van der Waals surface area contributed by atoms with E-state index in [1.807, 2.05) is 0 Å². The molecule has 0 aromatic heterocycles. The highest BCUT2D eigenvalue weighted by molar-refractivity contribution is 7.91. The predicted octanol–water partition coefficient (Wildman–Crippen LogP) is 6.47. The lowest BCUT2D eigenvalue weighted by atomic mass is 9.79. The summed E-state index contributed by atoms with van der Waals surface area (Å²) in [5.41, 5.74) is 0.907. The van der Waals surface area contributed by atoms with Crippen molar-refractivity contribution < 1.29 is 22.0 Å². The Morgan fingerprint density at radius 2 is 1.67 bits per heavy atom. The van der Waals surface area contributed by atoms with E-state index in [9.17, 15) is 22.0 Å². The first-order valence-corrected chi connectivity index (χ1v) is 13.4. The van der Waals surface area contributed by atoms with Crippen molar-refractivity contribution in [3.8, 4) is 0 Å². The van der Waals surface area contributed by atoms with Gasteiger partial charge in [0, 0.05) is 17.9 Å². The second-order valence-electron chi connectivity index (χ2n) is 9.06. The number of nitrogens with one attached hydrogen (secondary N) is 1. The van der Waals surface area contributed by atoms with Crippen LogP contribution in [0.1, 0.15) is 60.5 Å². The monoisotopic (exact) mass is 515 g/mol. The van der Waals surface area contributed by atoms with E-state index >= 15 is 0 Å². The second-order valence-corrected chi connectivity index (χ2v) is 11.9. The Bertz CT molecular complexity index is 1120. The summed E-state index contributed by atoms with van der Waals surface area (Å²) >= 11 is 12.1. The summed E-state index contributed by atoms with van der Waals surface area (Å²) in [6.45, 7) is 0. The van der Waals surface area contributed by atoms with E-state index < -0.39 is 27.7 Å². The van der Waals surface area contributed by atoms with E-state index in [1.165, 1.54) is 12.1 Å². The topological polar surface area (TPSA) is 63.2 Å². The molecular weight excluding hydrogens is 491 g/mol. The van der Waals surface area contributed by atoms with Crippen molar-refractivity contribution in [2.45, 2.75) is 55.4 Å². The fraction of sp³-hybridized carbons (Fsp3) is 0.458. The number of carbonyl (C=O) groups is 1. The Morgan fingerprint density at radius 3 is 2.24 bits per heavy atom. The van der Waals surface area contributed by atoms with Crippen molar-refractivity contribution in [1.82, 2.24) is 5.32 Å². The molecule has 2 saturated carbocycles. The van der Waals surface area contributed by atoms with Gasteiger partial charge in [-0.25, -0.2) is 17.2 Å². The van der Waals surface area contributed by atoms with Gasteiger partial charge in [-0.15, -0.1) is 0 Å². The zero-order chi connectivity index (χ0) is 23.8. The number of benzene rings is 2. The summed E-state index contributed by atoms with van der Waals surface area (Å²) in [6, 6.07) is 10.4. The van der Waals surface area contributed by atoms with Crippen molar-refractivity contribution in [2.75, 3.05) is 5.75 Å². The molecule has 1 N–H and O–H groups in total. The Labute approximate surface area is 202 Å². The molecule has 0 saturated heterocycles. The largest absolute Gasteiger partial charge is 0.345 e. The van der Waals surface area contributed by atoms with Gasteiger partial charge in [0.05, 0.1) is 27.3 Å². The van der Waals surface area contributed by atoms with Crippen LogP contribution in [0.25, 0.3) is 0 Å². The molecule has 1 amide bonds. The minimum Gasteiger partial charge on any atom is -0.345 e. The van der Waals surface area contributed by atoms with Crippen LogP contribution in [0.4, 0.5) is 8.78 Å². The van der Waals surface area contributed by atoms with Gasteiger partial charge in [0.2, 0.25) is 5.92 Å². The summed E-state index contributed by atoms with van der Waals surface area (Å²) < 4.78 is 52.7. The van der Waals surface area contributed by atoms with Crippen LogP contribution in [0.3, 0.4) is 0 Å². The highest BCUT2D eigenvalue weighted by Crippen LogP contribution is 2.42. The Balaban J connectivity index is 1.59. The number of rotatable bonds is 7. The van der Waals surface area contributed by atoms with Gasteiger partial charge < -0.3 is 5.32 Å². The first kappa shape index (κ1) is 24.4. The van der Waals surface area contributed by atoms with Gasteiger partial charge in [-0.05, 0) is 73.4 Å². The Kier molecular flexibility index (Phi) is 7.04.